The molecule has 1 saturated carbocycles. The first kappa shape index (κ1) is 20.4. The summed E-state index contributed by atoms with van der Waals surface area (Å²) < 4.78 is 30.4. The Morgan fingerprint density at radius 1 is 1.15 bits per heavy atom. The highest BCUT2D eigenvalue weighted by molar-refractivity contribution is 7.88. The molecule has 8 heteroatoms. The van der Waals surface area contributed by atoms with Crippen molar-refractivity contribution in [3.63, 3.8) is 0 Å². The lowest BCUT2D eigenvalue weighted by atomic mass is 10.1. The fraction of sp³-hybridized carbons (Fsp3) is 0.556. The van der Waals surface area contributed by atoms with Gasteiger partial charge in [-0.05, 0) is 25.0 Å². The van der Waals surface area contributed by atoms with Crippen LogP contribution >= 0.6 is 0 Å². The maximum atomic E-state index is 12.5. The molecule has 26 heavy (non-hydrogen) atoms. The molecule has 7 nitrogen and oxygen atoms in total. The van der Waals surface area contributed by atoms with Crippen LogP contribution in [0.15, 0.2) is 24.3 Å². The number of esters is 1. The van der Waals surface area contributed by atoms with Crippen LogP contribution in [0.4, 0.5) is 5.69 Å². The van der Waals surface area contributed by atoms with Crippen LogP contribution in [0.2, 0.25) is 0 Å². The minimum Gasteiger partial charge on any atom is -0.465 e. The predicted octanol–water partition coefficient (Wildman–Crippen LogP) is 2.40. The van der Waals surface area contributed by atoms with E-state index in [9.17, 15) is 18.0 Å². The van der Waals surface area contributed by atoms with E-state index >= 15 is 0 Å². The first-order valence-corrected chi connectivity index (χ1v) is 10.6. The Labute approximate surface area is 154 Å². The minimum atomic E-state index is -3.52. The molecule has 1 aromatic carbocycles. The average Bonchev–Trinajstić information content (AvgIpc) is 2.87. The number of nitrogens with one attached hydrogen (secondary N) is 1. The fourth-order valence-corrected chi connectivity index (χ4v) is 4.38. The highest BCUT2D eigenvalue weighted by atomic mass is 32.2. The molecule has 0 bridgehead atoms. The van der Waals surface area contributed by atoms with Gasteiger partial charge in [0, 0.05) is 6.04 Å². The van der Waals surface area contributed by atoms with E-state index in [1.807, 2.05) is 0 Å². The largest absolute Gasteiger partial charge is 0.465 e. The zero-order chi connectivity index (χ0) is 19.2. The van der Waals surface area contributed by atoms with E-state index in [0.717, 1.165) is 44.8 Å². The second kappa shape index (κ2) is 9.14. The highest BCUT2D eigenvalue weighted by Crippen LogP contribution is 2.24. The van der Waals surface area contributed by atoms with Crippen LogP contribution in [0, 0.1) is 0 Å². The second-order valence-electron chi connectivity index (χ2n) is 6.54. The van der Waals surface area contributed by atoms with Crippen molar-refractivity contribution >= 4 is 27.6 Å². The second-order valence-corrected chi connectivity index (χ2v) is 8.47. The van der Waals surface area contributed by atoms with E-state index < -0.39 is 21.9 Å². The van der Waals surface area contributed by atoms with Gasteiger partial charge < -0.3 is 10.1 Å². The molecule has 1 aliphatic carbocycles. The van der Waals surface area contributed by atoms with Gasteiger partial charge in [-0.3, -0.25) is 4.79 Å². The summed E-state index contributed by atoms with van der Waals surface area (Å²) in [5, 5.41) is 2.64. The Morgan fingerprint density at radius 2 is 1.77 bits per heavy atom. The summed E-state index contributed by atoms with van der Waals surface area (Å²) in [7, 11) is -2.26. The number of hydrogen-bond acceptors (Lipinski definition) is 5. The summed E-state index contributed by atoms with van der Waals surface area (Å²) in [6.45, 7) is -0.265. The summed E-state index contributed by atoms with van der Waals surface area (Å²) in [5.74, 6) is -1.04. The van der Waals surface area contributed by atoms with Crippen molar-refractivity contribution in [2.45, 2.75) is 44.6 Å². The summed E-state index contributed by atoms with van der Waals surface area (Å²) in [4.78, 5) is 24.3. The fourth-order valence-electron chi connectivity index (χ4n) is 3.27. The Bertz CT molecular complexity index is 740. The van der Waals surface area contributed by atoms with Gasteiger partial charge in [-0.1, -0.05) is 37.8 Å². The molecule has 1 amide bonds. The SMILES string of the molecule is COC(=O)c1ccccc1NC(=O)CN(C1CCCCCC1)S(C)(=O)=O. The molecule has 1 aromatic rings. The maximum absolute atomic E-state index is 12.5. The van der Waals surface area contributed by atoms with Crippen LogP contribution in [0.1, 0.15) is 48.9 Å². The van der Waals surface area contributed by atoms with Crippen LogP contribution in [-0.4, -0.2) is 50.6 Å². The number of amides is 1. The van der Waals surface area contributed by atoms with E-state index in [1.54, 1.807) is 24.3 Å². The monoisotopic (exact) mass is 382 g/mol. The van der Waals surface area contributed by atoms with E-state index in [4.69, 9.17) is 4.74 Å². The summed E-state index contributed by atoms with van der Waals surface area (Å²) in [5.41, 5.74) is 0.530. The molecule has 0 atom stereocenters. The molecular weight excluding hydrogens is 356 g/mol. The molecular formula is C18H26N2O5S. The minimum absolute atomic E-state index is 0.158. The molecule has 144 valence electrons. The van der Waals surface area contributed by atoms with Crippen LogP contribution in [0.5, 0.6) is 0 Å². The number of para-hydroxylation sites is 1. The maximum Gasteiger partial charge on any atom is 0.339 e. The number of methoxy groups -OCH3 is 1. The van der Waals surface area contributed by atoms with Crippen molar-refractivity contribution in [1.82, 2.24) is 4.31 Å². The molecule has 0 aliphatic heterocycles. The van der Waals surface area contributed by atoms with Crippen LogP contribution in [-0.2, 0) is 19.6 Å². The van der Waals surface area contributed by atoms with Gasteiger partial charge in [0.15, 0.2) is 0 Å². The zero-order valence-corrected chi connectivity index (χ0v) is 16.0. The molecule has 0 saturated heterocycles. The number of rotatable bonds is 6. The smallest absolute Gasteiger partial charge is 0.339 e. The Hall–Kier alpha value is -1.93. The lowest BCUT2D eigenvalue weighted by Gasteiger charge is -2.28. The lowest BCUT2D eigenvalue weighted by molar-refractivity contribution is -0.116. The van der Waals surface area contributed by atoms with Crippen molar-refractivity contribution < 1.29 is 22.7 Å². The molecule has 1 aliphatic rings. The van der Waals surface area contributed by atoms with Crippen LogP contribution in [0.25, 0.3) is 0 Å². The van der Waals surface area contributed by atoms with Gasteiger partial charge in [0.25, 0.3) is 0 Å². The standard InChI is InChI=1S/C18H26N2O5S/c1-25-18(22)15-11-7-8-12-16(15)19-17(21)13-20(26(2,23)24)14-9-5-3-4-6-10-14/h7-8,11-12,14H,3-6,9-10,13H2,1-2H3,(H,19,21). The highest BCUT2D eigenvalue weighted by Gasteiger charge is 2.29. The summed E-state index contributed by atoms with van der Waals surface area (Å²) >= 11 is 0. The number of anilines is 1. The molecule has 1 fully saturated rings. The van der Waals surface area contributed by atoms with Crippen molar-refractivity contribution in [3.8, 4) is 0 Å². The number of benzene rings is 1. The third-order valence-corrected chi connectivity index (χ3v) is 5.84. The predicted molar refractivity (Wildman–Crippen MR) is 99.5 cm³/mol. The van der Waals surface area contributed by atoms with E-state index in [2.05, 4.69) is 5.32 Å². The van der Waals surface area contributed by atoms with Gasteiger partial charge in [0.05, 0.1) is 31.2 Å². The van der Waals surface area contributed by atoms with E-state index in [1.165, 1.54) is 11.4 Å². The van der Waals surface area contributed by atoms with Crippen LogP contribution in [0.3, 0.4) is 0 Å². The van der Waals surface area contributed by atoms with Crippen molar-refractivity contribution in [3.05, 3.63) is 29.8 Å². The third kappa shape index (κ3) is 5.54. The van der Waals surface area contributed by atoms with Crippen molar-refractivity contribution in [2.75, 3.05) is 25.2 Å². The molecule has 1 N–H and O–H groups in total. The van der Waals surface area contributed by atoms with Gasteiger partial charge >= 0.3 is 5.97 Å². The van der Waals surface area contributed by atoms with Gasteiger partial charge in [-0.2, -0.15) is 4.31 Å². The zero-order valence-electron chi connectivity index (χ0n) is 15.2. The molecule has 0 aromatic heterocycles. The topological polar surface area (TPSA) is 92.8 Å². The molecule has 0 heterocycles. The molecule has 2 rings (SSSR count). The molecule has 0 unspecified atom stereocenters. The third-order valence-electron chi connectivity index (χ3n) is 4.56. The number of nitrogens with zero attached hydrogens (tertiary/aromatic N) is 1. The van der Waals surface area contributed by atoms with Crippen LogP contribution < -0.4 is 5.32 Å². The first-order valence-electron chi connectivity index (χ1n) is 8.77. The normalized spacial score (nSPS) is 16.1. The number of carbonyl (C=O) groups excluding carboxylic acids is 2. The summed E-state index contributed by atoms with van der Waals surface area (Å²) in [6, 6.07) is 6.31. The van der Waals surface area contributed by atoms with Crippen molar-refractivity contribution in [2.24, 2.45) is 0 Å². The number of ether oxygens (including phenoxy) is 1. The Balaban J connectivity index is 2.14. The quantitative estimate of drug-likeness (QED) is 0.602. The Morgan fingerprint density at radius 3 is 2.35 bits per heavy atom. The van der Waals surface area contributed by atoms with Gasteiger partial charge in [0.1, 0.15) is 0 Å². The summed E-state index contributed by atoms with van der Waals surface area (Å²) in [6.07, 6.45) is 6.76. The van der Waals surface area contributed by atoms with E-state index in [0.29, 0.717) is 5.69 Å². The van der Waals surface area contributed by atoms with Crippen molar-refractivity contribution in [1.29, 1.82) is 0 Å². The first-order chi connectivity index (χ1) is 12.3. The number of carbonyl (C=O) groups is 2. The lowest BCUT2D eigenvalue weighted by Crippen LogP contribution is -2.44. The number of sulfonamides is 1. The van der Waals surface area contributed by atoms with Gasteiger partial charge in [-0.25, -0.2) is 13.2 Å². The Kier molecular flexibility index (Phi) is 7.16. The van der Waals surface area contributed by atoms with E-state index in [-0.39, 0.29) is 18.2 Å². The number of hydrogen-bond donors (Lipinski definition) is 1. The van der Waals surface area contributed by atoms with Gasteiger partial charge in [-0.15, -0.1) is 0 Å². The average molecular weight is 382 g/mol. The molecule has 0 radical (unpaired) electrons. The molecule has 0 spiro atoms. The van der Waals surface area contributed by atoms with Gasteiger partial charge in [0.2, 0.25) is 15.9 Å².